The van der Waals surface area contributed by atoms with Crippen molar-refractivity contribution in [1.82, 2.24) is 9.97 Å². The summed E-state index contributed by atoms with van der Waals surface area (Å²) in [6.45, 7) is 4.32. The van der Waals surface area contributed by atoms with Crippen LogP contribution in [0.2, 0.25) is 0 Å². The van der Waals surface area contributed by atoms with Crippen molar-refractivity contribution in [3.8, 4) is 11.4 Å². The van der Waals surface area contributed by atoms with Crippen molar-refractivity contribution in [3.05, 3.63) is 45.7 Å². The molecule has 2 aromatic rings. The molecule has 3 rings (SSSR count). The minimum absolute atomic E-state index is 0.408. The molecule has 2 unspecified atom stereocenters. The van der Waals surface area contributed by atoms with Gasteiger partial charge in [0.15, 0.2) is 5.82 Å². The quantitative estimate of drug-likeness (QED) is 0.786. The highest BCUT2D eigenvalue weighted by Crippen LogP contribution is 2.20. The molecule has 5 nitrogen and oxygen atoms in total. The van der Waals surface area contributed by atoms with Gasteiger partial charge in [-0.2, -0.15) is 0 Å². The first kappa shape index (κ1) is 16.4. The van der Waals surface area contributed by atoms with E-state index in [1.807, 2.05) is 37.3 Å². The fourth-order valence-electron chi connectivity index (χ4n) is 2.93. The van der Waals surface area contributed by atoms with Gasteiger partial charge in [0.25, 0.3) is 0 Å². The summed E-state index contributed by atoms with van der Waals surface area (Å²) in [6.07, 6.45) is 2.05. The van der Waals surface area contributed by atoms with Crippen LogP contribution in [-0.2, 0) is 0 Å². The van der Waals surface area contributed by atoms with E-state index in [9.17, 15) is 5.21 Å². The Labute approximate surface area is 144 Å². The normalized spacial score (nSPS) is 20.7. The maximum absolute atomic E-state index is 11.3. The van der Waals surface area contributed by atoms with Gasteiger partial charge in [-0.25, -0.2) is 9.97 Å². The van der Waals surface area contributed by atoms with Gasteiger partial charge in [0.1, 0.15) is 5.82 Å². The molecule has 2 heterocycles. The third kappa shape index (κ3) is 4.50. The van der Waals surface area contributed by atoms with Crippen LogP contribution in [0.25, 0.3) is 11.4 Å². The van der Waals surface area contributed by atoms with E-state index in [4.69, 9.17) is 0 Å². The maximum atomic E-state index is 11.3. The number of nitrogens with one attached hydrogen (secondary N) is 2. The Morgan fingerprint density at radius 3 is 2.78 bits per heavy atom. The summed E-state index contributed by atoms with van der Waals surface area (Å²) in [5.41, 5.74) is 1.94. The zero-order chi connectivity index (χ0) is 16.2. The topological polar surface area (TPSA) is 65.3 Å². The molecule has 0 radical (unpaired) electrons. The van der Waals surface area contributed by atoms with E-state index in [1.54, 1.807) is 0 Å². The number of aryl methyl sites for hydroxylation is 1. The number of benzene rings is 1. The van der Waals surface area contributed by atoms with E-state index in [1.165, 1.54) is 0 Å². The summed E-state index contributed by atoms with van der Waals surface area (Å²) >= 11 is 3.44. The minimum Gasteiger partial charge on any atom is -0.634 e. The van der Waals surface area contributed by atoms with Crippen LogP contribution in [0.3, 0.4) is 0 Å². The van der Waals surface area contributed by atoms with Crippen LogP contribution < -0.4 is 10.4 Å². The van der Waals surface area contributed by atoms with Gasteiger partial charge in [-0.1, -0.05) is 28.1 Å². The minimum atomic E-state index is 0.408. The second-order valence-corrected chi connectivity index (χ2v) is 7.00. The number of quaternary nitrogens is 1. The monoisotopic (exact) mass is 376 g/mol. The van der Waals surface area contributed by atoms with Gasteiger partial charge in [-0.15, -0.1) is 0 Å². The van der Waals surface area contributed by atoms with Gasteiger partial charge in [-0.05, 0) is 25.5 Å². The lowest BCUT2D eigenvalue weighted by Gasteiger charge is -2.15. The maximum Gasteiger partial charge on any atom is 0.161 e. The molecular formula is C17H21BrN4O. The fraction of sp³-hybridized carbons (Fsp3) is 0.412. The average Bonchev–Trinajstić information content (AvgIpc) is 2.93. The molecule has 0 spiro atoms. The molecule has 122 valence electrons. The van der Waals surface area contributed by atoms with Crippen LogP contribution in [0.4, 0.5) is 5.82 Å². The second-order valence-electron chi connectivity index (χ2n) is 6.09. The number of hydroxylamine groups is 2. The number of hydrogen-bond acceptors (Lipinski definition) is 4. The van der Waals surface area contributed by atoms with E-state index < -0.39 is 0 Å². The van der Waals surface area contributed by atoms with Crippen LogP contribution in [0.1, 0.15) is 18.5 Å². The Balaban J connectivity index is 1.64. The Hall–Kier alpha value is -1.50. The summed E-state index contributed by atoms with van der Waals surface area (Å²) in [5.74, 6) is 2.11. The summed E-state index contributed by atoms with van der Waals surface area (Å²) in [7, 11) is 0. The van der Waals surface area contributed by atoms with E-state index in [-0.39, 0.29) is 0 Å². The molecule has 0 saturated carbocycles. The predicted octanol–water partition coefficient (Wildman–Crippen LogP) is 2.42. The predicted molar refractivity (Wildman–Crippen MR) is 95.2 cm³/mol. The number of rotatable bonds is 5. The first-order chi connectivity index (χ1) is 11.1. The molecule has 2 atom stereocenters. The number of aromatic nitrogens is 2. The highest BCUT2D eigenvalue weighted by Gasteiger charge is 2.20. The molecule has 1 aromatic heterocycles. The molecule has 1 aliphatic heterocycles. The first-order valence-corrected chi connectivity index (χ1v) is 8.76. The molecule has 23 heavy (non-hydrogen) atoms. The first-order valence-electron chi connectivity index (χ1n) is 7.97. The molecule has 1 saturated heterocycles. The van der Waals surface area contributed by atoms with Crippen molar-refractivity contribution in [2.24, 2.45) is 5.92 Å². The van der Waals surface area contributed by atoms with Gasteiger partial charge < -0.3 is 15.6 Å². The van der Waals surface area contributed by atoms with Gasteiger partial charge in [0.2, 0.25) is 0 Å². The van der Waals surface area contributed by atoms with E-state index in [2.05, 4.69) is 31.2 Å². The third-order valence-corrected chi connectivity index (χ3v) is 4.69. The smallest absolute Gasteiger partial charge is 0.161 e. The number of hydrogen-bond donors (Lipinski definition) is 2. The molecular weight excluding hydrogens is 356 g/mol. The standard InChI is InChI=1S/C17H21BrN4O/c1-12-10-16(19-8-6-13-7-9-22(23)11-13)21-17(20-12)14-2-4-15(18)5-3-14/h2-5,10,13,22H,6-9,11H2,1H3,(H,19,20,21). The summed E-state index contributed by atoms with van der Waals surface area (Å²) < 4.78 is 1.04. The van der Waals surface area contributed by atoms with Crippen LogP contribution >= 0.6 is 15.9 Å². The van der Waals surface area contributed by atoms with Crippen molar-refractivity contribution in [3.63, 3.8) is 0 Å². The number of nitrogens with zero attached hydrogens (tertiary/aromatic N) is 2. The Morgan fingerprint density at radius 2 is 2.09 bits per heavy atom. The highest BCUT2D eigenvalue weighted by atomic mass is 79.9. The second kappa shape index (κ2) is 7.38. The largest absolute Gasteiger partial charge is 0.634 e. The molecule has 1 aliphatic rings. The van der Waals surface area contributed by atoms with Crippen LogP contribution in [0.5, 0.6) is 0 Å². The molecule has 0 aliphatic carbocycles. The Kier molecular flexibility index (Phi) is 5.25. The molecule has 0 bridgehead atoms. The molecule has 2 N–H and O–H groups in total. The fourth-order valence-corrected chi connectivity index (χ4v) is 3.19. The van der Waals surface area contributed by atoms with Crippen LogP contribution in [0, 0.1) is 18.0 Å². The molecule has 1 fully saturated rings. The lowest BCUT2D eigenvalue weighted by Crippen LogP contribution is -3.05. The molecule has 6 heteroatoms. The Morgan fingerprint density at radius 1 is 1.30 bits per heavy atom. The van der Waals surface area contributed by atoms with E-state index in [0.29, 0.717) is 11.0 Å². The van der Waals surface area contributed by atoms with E-state index >= 15 is 0 Å². The van der Waals surface area contributed by atoms with Gasteiger partial charge >= 0.3 is 0 Å². The highest BCUT2D eigenvalue weighted by molar-refractivity contribution is 9.10. The SMILES string of the molecule is Cc1cc(NCCC2CC[NH+]([O-])C2)nc(-c2ccc(Br)cc2)n1. The lowest BCUT2D eigenvalue weighted by atomic mass is 10.1. The van der Waals surface area contributed by atoms with Gasteiger partial charge in [0.05, 0.1) is 13.1 Å². The van der Waals surface area contributed by atoms with Gasteiger partial charge in [-0.3, -0.25) is 0 Å². The average molecular weight is 377 g/mol. The van der Waals surface area contributed by atoms with Crippen molar-refractivity contribution >= 4 is 21.7 Å². The number of anilines is 1. The zero-order valence-electron chi connectivity index (χ0n) is 13.2. The van der Waals surface area contributed by atoms with Crippen LogP contribution in [0.15, 0.2) is 34.8 Å². The van der Waals surface area contributed by atoms with Gasteiger partial charge in [0, 0.05) is 40.7 Å². The van der Waals surface area contributed by atoms with Crippen molar-refractivity contribution in [2.75, 3.05) is 25.0 Å². The Bertz CT molecular complexity index is 662. The summed E-state index contributed by atoms with van der Waals surface area (Å²) in [5, 5.41) is 15.1. The third-order valence-electron chi connectivity index (χ3n) is 4.16. The zero-order valence-corrected chi connectivity index (χ0v) is 14.8. The lowest BCUT2D eigenvalue weighted by molar-refractivity contribution is -0.835. The van der Waals surface area contributed by atoms with Crippen molar-refractivity contribution in [2.45, 2.75) is 19.8 Å². The molecule has 1 aromatic carbocycles. The van der Waals surface area contributed by atoms with Crippen molar-refractivity contribution in [1.29, 1.82) is 0 Å². The molecule has 0 amide bonds. The number of halogens is 1. The summed E-state index contributed by atoms with van der Waals surface area (Å²) in [4.78, 5) is 9.13. The van der Waals surface area contributed by atoms with Crippen LogP contribution in [-0.4, -0.2) is 29.6 Å². The van der Waals surface area contributed by atoms with E-state index in [0.717, 1.165) is 59.8 Å². The van der Waals surface area contributed by atoms with Crippen molar-refractivity contribution < 1.29 is 5.06 Å². The summed E-state index contributed by atoms with van der Waals surface area (Å²) in [6, 6.07) is 9.96.